The predicted octanol–water partition coefficient (Wildman–Crippen LogP) is 8.36. The summed E-state index contributed by atoms with van der Waals surface area (Å²) in [6.45, 7) is 2.93. The highest BCUT2D eigenvalue weighted by molar-refractivity contribution is 7.47. The molecule has 0 aromatic rings. The number of esters is 2. The minimum absolute atomic E-state index is 0.00664. The van der Waals surface area contributed by atoms with Gasteiger partial charge in [0.2, 0.25) is 0 Å². The predicted molar refractivity (Wildman–Crippen MR) is 259 cm³/mol. The van der Waals surface area contributed by atoms with Crippen molar-refractivity contribution in [2.75, 3.05) is 13.2 Å². The molecule has 0 bridgehead atoms. The lowest BCUT2D eigenvalue weighted by Gasteiger charge is -2.41. The van der Waals surface area contributed by atoms with E-state index >= 15 is 0 Å². The quantitative estimate of drug-likeness (QED) is 0.0103. The van der Waals surface area contributed by atoms with Gasteiger partial charge >= 0.3 is 19.8 Å². The molecule has 372 valence electrons. The van der Waals surface area contributed by atoms with Crippen LogP contribution in [0.4, 0.5) is 0 Å². The van der Waals surface area contributed by atoms with E-state index in [0.29, 0.717) is 32.1 Å². The fourth-order valence-corrected chi connectivity index (χ4v) is 7.07. The van der Waals surface area contributed by atoms with Gasteiger partial charge in [-0.05, 0) is 83.5 Å². The van der Waals surface area contributed by atoms with Crippen molar-refractivity contribution in [1.29, 1.82) is 0 Å². The van der Waals surface area contributed by atoms with E-state index in [-0.39, 0.29) is 12.8 Å². The van der Waals surface area contributed by atoms with Crippen molar-refractivity contribution in [3.63, 3.8) is 0 Å². The summed E-state index contributed by atoms with van der Waals surface area (Å²) in [6.07, 6.45) is 38.8. The van der Waals surface area contributed by atoms with Crippen LogP contribution in [-0.2, 0) is 32.7 Å². The number of carbonyl (C=O) groups is 2. The highest BCUT2D eigenvalue weighted by atomic mass is 31.2. The largest absolute Gasteiger partial charge is 0.472 e. The SMILES string of the molecule is CC/C=C\CC(O)/C=C/C=C/C/C=C\C/C=C\C/C=C\CCC(=O)OC[C@H](COP(=O)(O)OC1[C@H](O)[C@H](O)C(O)[C@H](O)[C@H]1O)OC(=O)CCC/C=C\C/C=C\C/C=C\C/C=C\CCCCC. The van der Waals surface area contributed by atoms with Crippen LogP contribution in [0, 0.1) is 0 Å². The normalized spacial score (nSPS) is 22.9. The van der Waals surface area contributed by atoms with Gasteiger partial charge in [-0.25, -0.2) is 4.57 Å². The number of ether oxygens (including phenoxy) is 2. The molecule has 0 heterocycles. The molecule has 1 saturated carbocycles. The Balaban J connectivity index is 2.57. The Morgan fingerprint density at radius 3 is 1.61 bits per heavy atom. The zero-order valence-corrected chi connectivity index (χ0v) is 39.9. The van der Waals surface area contributed by atoms with Gasteiger partial charge in [-0.15, -0.1) is 0 Å². The van der Waals surface area contributed by atoms with E-state index in [9.17, 15) is 49.7 Å². The molecule has 7 N–H and O–H groups in total. The van der Waals surface area contributed by atoms with Gasteiger partial charge in [0.05, 0.1) is 12.7 Å². The van der Waals surface area contributed by atoms with Gasteiger partial charge in [0, 0.05) is 12.8 Å². The molecular weight excluding hydrogens is 868 g/mol. The maximum absolute atomic E-state index is 12.8. The molecule has 4 unspecified atom stereocenters. The van der Waals surface area contributed by atoms with E-state index in [1.165, 1.54) is 19.3 Å². The van der Waals surface area contributed by atoms with Crippen molar-refractivity contribution < 1.29 is 68.2 Å². The van der Waals surface area contributed by atoms with Crippen LogP contribution in [0.5, 0.6) is 0 Å². The second kappa shape index (κ2) is 39.2. The molecule has 66 heavy (non-hydrogen) atoms. The van der Waals surface area contributed by atoms with E-state index < -0.39 is 81.8 Å². The van der Waals surface area contributed by atoms with E-state index in [0.717, 1.165) is 44.9 Å². The first kappa shape index (κ1) is 60.2. The molecule has 1 aliphatic rings. The van der Waals surface area contributed by atoms with E-state index in [2.05, 4.69) is 62.5 Å². The monoisotopic (exact) mass is 947 g/mol. The molecule has 0 aromatic carbocycles. The van der Waals surface area contributed by atoms with Crippen LogP contribution in [-0.4, -0.2) is 110 Å². The number of hydrogen-bond donors (Lipinski definition) is 7. The Morgan fingerprint density at radius 2 is 1.06 bits per heavy atom. The maximum atomic E-state index is 12.8. The number of aliphatic hydroxyl groups excluding tert-OH is 6. The minimum Gasteiger partial charge on any atom is -0.462 e. The summed E-state index contributed by atoms with van der Waals surface area (Å²) < 4.78 is 33.4. The lowest BCUT2D eigenvalue weighted by atomic mass is 9.85. The topological polar surface area (TPSA) is 230 Å². The molecule has 1 aliphatic carbocycles. The zero-order valence-electron chi connectivity index (χ0n) is 39.0. The summed E-state index contributed by atoms with van der Waals surface area (Å²) >= 11 is 0. The van der Waals surface area contributed by atoms with Gasteiger partial charge in [0.25, 0.3) is 0 Å². The molecule has 15 heteroatoms. The van der Waals surface area contributed by atoms with Crippen molar-refractivity contribution in [3.05, 3.63) is 122 Å². The Labute approximate surface area is 393 Å². The molecular formula is C51H79O14P. The summed E-state index contributed by atoms with van der Waals surface area (Å²) in [5.74, 6) is -1.30. The summed E-state index contributed by atoms with van der Waals surface area (Å²) in [6, 6.07) is 0. The Bertz CT molecular complexity index is 1630. The molecule has 0 saturated heterocycles. The number of aliphatic hydroxyl groups is 6. The molecule has 1 rings (SSSR count). The highest BCUT2D eigenvalue weighted by Gasteiger charge is 2.51. The first-order valence-corrected chi connectivity index (χ1v) is 24.9. The second-order valence-corrected chi connectivity index (χ2v) is 17.1. The zero-order chi connectivity index (χ0) is 48.7. The van der Waals surface area contributed by atoms with E-state index in [1.807, 2.05) is 66.8 Å². The first-order chi connectivity index (χ1) is 31.8. The van der Waals surface area contributed by atoms with E-state index in [1.54, 1.807) is 6.08 Å². The van der Waals surface area contributed by atoms with Crippen LogP contribution in [0.25, 0.3) is 0 Å². The number of unbranched alkanes of at least 4 members (excludes halogenated alkanes) is 4. The van der Waals surface area contributed by atoms with Crippen molar-refractivity contribution in [2.45, 2.75) is 172 Å². The number of phosphoric acid groups is 1. The average molecular weight is 947 g/mol. The van der Waals surface area contributed by atoms with Gasteiger partial charge in [-0.3, -0.25) is 18.6 Å². The van der Waals surface area contributed by atoms with E-state index in [4.69, 9.17) is 18.5 Å². The number of carbonyl (C=O) groups excluding carboxylic acids is 2. The average Bonchev–Trinajstić information content (AvgIpc) is 3.29. The van der Waals surface area contributed by atoms with Crippen molar-refractivity contribution in [2.24, 2.45) is 0 Å². The minimum atomic E-state index is -5.17. The number of phosphoric ester groups is 1. The third kappa shape index (κ3) is 31.2. The lowest BCUT2D eigenvalue weighted by molar-refractivity contribution is -0.220. The molecule has 14 nitrogen and oxygen atoms in total. The van der Waals surface area contributed by atoms with Crippen molar-refractivity contribution in [3.8, 4) is 0 Å². The van der Waals surface area contributed by atoms with Crippen LogP contribution in [0.3, 0.4) is 0 Å². The third-order valence-electron chi connectivity index (χ3n) is 9.88. The molecule has 9 atom stereocenters. The smallest absolute Gasteiger partial charge is 0.462 e. The van der Waals surface area contributed by atoms with Crippen LogP contribution in [0.1, 0.15) is 123 Å². The van der Waals surface area contributed by atoms with Gasteiger partial charge in [0.1, 0.15) is 43.2 Å². The van der Waals surface area contributed by atoms with Gasteiger partial charge in [0.15, 0.2) is 6.10 Å². The Kier molecular flexibility index (Phi) is 35.8. The van der Waals surface area contributed by atoms with Gasteiger partial charge in [-0.1, -0.05) is 148 Å². The summed E-state index contributed by atoms with van der Waals surface area (Å²) in [5.41, 5.74) is 0. The van der Waals surface area contributed by atoms with Crippen LogP contribution >= 0.6 is 7.82 Å². The maximum Gasteiger partial charge on any atom is 0.472 e. The second-order valence-electron chi connectivity index (χ2n) is 15.7. The molecule has 1 fully saturated rings. The molecule has 0 radical (unpaired) electrons. The van der Waals surface area contributed by atoms with Crippen LogP contribution in [0.2, 0.25) is 0 Å². The van der Waals surface area contributed by atoms with Gasteiger partial charge in [-0.2, -0.15) is 0 Å². The number of rotatable bonds is 36. The molecule has 0 aromatic heterocycles. The lowest BCUT2D eigenvalue weighted by Crippen LogP contribution is -2.64. The number of hydrogen-bond acceptors (Lipinski definition) is 13. The van der Waals surface area contributed by atoms with Gasteiger partial charge < -0.3 is 45.0 Å². The first-order valence-electron chi connectivity index (χ1n) is 23.4. The summed E-state index contributed by atoms with van der Waals surface area (Å²) in [7, 11) is -5.17. The highest BCUT2D eigenvalue weighted by Crippen LogP contribution is 2.47. The molecule has 0 aliphatic heterocycles. The van der Waals surface area contributed by atoms with Crippen LogP contribution < -0.4 is 0 Å². The number of allylic oxidation sites excluding steroid dienone is 18. The Morgan fingerprint density at radius 1 is 0.561 bits per heavy atom. The molecule has 0 spiro atoms. The van der Waals surface area contributed by atoms with Crippen molar-refractivity contribution in [1.82, 2.24) is 0 Å². The summed E-state index contributed by atoms with van der Waals surface area (Å²) in [5, 5.41) is 60.0. The standard InChI is InChI=1S/C51H79O14P/c1-3-5-7-8-9-10-11-12-13-14-15-18-22-25-28-31-35-39-45(54)64-43(41-63-66(60,61)65-51-49(58)47(56)46(55)48(57)50(51)59)40-62-44(53)38-34-30-27-24-21-19-16-17-20-23-26-29-33-37-42(52)36-32-6-4-2/h6,9-10,12-13,15,17-21,25-30,32-33,37,42-43,46-52,55-59H,3-5,7-8,11,14,16,22-24,31,34-36,38-41H2,1-2H3,(H,60,61)/b10-9-,13-12-,18-15-,20-17-,21-19-,28-25-,29-26+,30-27-,32-6-,37-33+/t42?,43-,46?,47-,48+,49-,50-,51?/m1/s1. The van der Waals surface area contributed by atoms with Crippen LogP contribution in [0.15, 0.2) is 122 Å². The molecule has 0 amide bonds. The fraction of sp³-hybridized carbons (Fsp3) is 0.569. The third-order valence-corrected chi connectivity index (χ3v) is 10.9. The van der Waals surface area contributed by atoms with Crippen molar-refractivity contribution >= 4 is 19.8 Å². The summed E-state index contributed by atoms with van der Waals surface area (Å²) in [4.78, 5) is 35.7. The fourth-order valence-electron chi connectivity index (χ4n) is 6.09. The Hall–Kier alpha value is -3.79.